The van der Waals surface area contributed by atoms with E-state index in [-0.39, 0.29) is 17.1 Å². The number of amides is 1. The average Bonchev–Trinajstić information content (AvgIpc) is 2.94. The smallest absolute Gasteiger partial charge is 0.343 e. The average molecular weight is 292 g/mol. The number of aromatic carboxylic acids is 1. The summed E-state index contributed by atoms with van der Waals surface area (Å²) in [7, 11) is 0. The number of allylic oxidation sites excluding steroid dienone is 1. The predicted octanol–water partition coefficient (Wildman–Crippen LogP) is 3.01. The summed E-state index contributed by atoms with van der Waals surface area (Å²) in [6.07, 6.45) is 1.35. The first-order chi connectivity index (χ1) is 9.49. The number of carboxylic acids is 1. The number of thiophene rings is 1. The highest BCUT2D eigenvalue weighted by Crippen LogP contribution is 2.30. The monoisotopic (exact) mass is 292 g/mol. The van der Waals surface area contributed by atoms with E-state index in [1.165, 1.54) is 17.4 Å². The van der Waals surface area contributed by atoms with Gasteiger partial charge in [-0.25, -0.2) is 4.79 Å². The van der Waals surface area contributed by atoms with Crippen molar-refractivity contribution in [2.45, 2.75) is 13.8 Å². The lowest BCUT2D eigenvalue weighted by Gasteiger charge is -1.99. The molecule has 0 spiro atoms. The van der Waals surface area contributed by atoms with Crippen LogP contribution in [0.4, 0.5) is 5.88 Å². The molecule has 0 aliphatic rings. The molecule has 2 rings (SSSR count). The van der Waals surface area contributed by atoms with E-state index < -0.39 is 11.9 Å². The van der Waals surface area contributed by atoms with E-state index in [1.54, 1.807) is 30.7 Å². The third-order valence-electron chi connectivity index (χ3n) is 2.36. The van der Waals surface area contributed by atoms with Gasteiger partial charge in [0, 0.05) is 17.0 Å². The molecule has 0 aromatic carbocycles. The van der Waals surface area contributed by atoms with Gasteiger partial charge in [0.1, 0.15) is 5.69 Å². The van der Waals surface area contributed by atoms with Gasteiger partial charge in [0.05, 0.1) is 0 Å². The van der Waals surface area contributed by atoms with E-state index in [0.717, 1.165) is 5.57 Å². The highest BCUT2D eigenvalue weighted by atomic mass is 32.1. The molecule has 7 heteroatoms. The molecule has 20 heavy (non-hydrogen) atoms. The number of rotatable bonds is 4. The molecule has 0 radical (unpaired) electrons. The van der Waals surface area contributed by atoms with Crippen LogP contribution >= 0.6 is 11.3 Å². The number of anilines is 1. The minimum absolute atomic E-state index is 0.154. The summed E-state index contributed by atoms with van der Waals surface area (Å²) < 4.78 is 4.95. The van der Waals surface area contributed by atoms with Crippen molar-refractivity contribution in [1.29, 1.82) is 0 Å². The Morgan fingerprint density at radius 2 is 2.20 bits per heavy atom. The highest BCUT2D eigenvalue weighted by molar-refractivity contribution is 7.08. The fourth-order valence-corrected chi connectivity index (χ4v) is 2.22. The second-order valence-electron chi connectivity index (χ2n) is 4.26. The van der Waals surface area contributed by atoms with Gasteiger partial charge in [-0.2, -0.15) is 11.3 Å². The van der Waals surface area contributed by atoms with Gasteiger partial charge in [-0.3, -0.25) is 10.1 Å². The van der Waals surface area contributed by atoms with Crippen LogP contribution in [0, 0.1) is 0 Å². The number of hydrogen-bond donors (Lipinski definition) is 2. The van der Waals surface area contributed by atoms with Gasteiger partial charge in [-0.1, -0.05) is 10.7 Å². The van der Waals surface area contributed by atoms with Gasteiger partial charge in [-0.15, -0.1) is 0 Å². The second-order valence-corrected chi connectivity index (χ2v) is 5.04. The number of nitrogens with zero attached hydrogens (tertiary/aromatic N) is 1. The fraction of sp³-hybridized carbons (Fsp3) is 0.154. The third kappa shape index (κ3) is 2.94. The van der Waals surface area contributed by atoms with Gasteiger partial charge in [0.15, 0.2) is 5.56 Å². The zero-order valence-corrected chi connectivity index (χ0v) is 11.7. The van der Waals surface area contributed by atoms with Gasteiger partial charge in [0.2, 0.25) is 5.88 Å². The molecule has 0 saturated carbocycles. The van der Waals surface area contributed by atoms with Gasteiger partial charge in [-0.05, 0) is 25.3 Å². The quantitative estimate of drug-likeness (QED) is 0.845. The first-order valence-electron chi connectivity index (χ1n) is 5.70. The maximum Gasteiger partial charge on any atom is 0.343 e. The molecule has 0 aliphatic carbocycles. The Balaban J connectivity index is 2.38. The van der Waals surface area contributed by atoms with Crippen molar-refractivity contribution in [3.8, 4) is 11.3 Å². The van der Waals surface area contributed by atoms with Crippen LogP contribution in [0.15, 0.2) is 33.0 Å². The van der Waals surface area contributed by atoms with E-state index in [0.29, 0.717) is 5.56 Å². The molecule has 0 saturated heterocycles. The molecule has 0 unspecified atom stereocenters. The molecule has 2 heterocycles. The van der Waals surface area contributed by atoms with Gasteiger partial charge < -0.3 is 9.63 Å². The number of hydrogen-bond acceptors (Lipinski definition) is 5. The zero-order valence-electron chi connectivity index (χ0n) is 10.8. The van der Waals surface area contributed by atoms with Crippen LogP contribution in [0.25, 0.3) is 11.3 Å². The molecule has 104 valence electrons. The van der Waals surface area contributed by atoms with Crippen LogP contribution < -0.4 is 5.32 Å². The van der Waals surface area contributed by atoms with Crippen molar-refractivity contribution in [2.24, 2.45) is 0 Å². The fourth-order valence-electron chi connectivity index (χ4n) is 1.58. The molecule has 2 aromatic heterocycles. The summed E-state index contributed by atoms with van der Waals surface area (Å²) in [5, 5.41) is 18.9. The lowest BCUT2D eigenvalue weighted by molar-refractivity contribution is -0.112. The maximum atomic E-state index is 11.6. The van der Waals surface area contributed by atoms with Crippen molar-refractivity contribution >= 4 is 29.1 Å². The van der Waals surface area contributed by atoms with Crippen molar-refractivity contribution in [3.05, 3.63) is 34.0 Å². The van der Waals surface area contributed by atoms with Crippen LogP contribution in [0.3, 0.4) is 0 Å². The van der Waals surface area contributed by atoms with Crippen LogP contribution in [0.5, 0.6) is 0 Å². The summed E-state index contributed by atoms with van der Waals surface area (Å²) in [5.74, 6) is -1.83. The minimum atomic E-state index is -1.21. The maximum absolute atomic E-state index is 11.6. The van der Waals surface area contributed by atoms with Crippen molar-refractivity contribution in [2.75, 3.05) is 5.32 Å². The zero-order chi connectivity index (χ0) is 14.7. The van der Waals surface area contributed by atoms with E-state index in [9.17, 15) is 14.7 Å². The summed E-state index contributed by atoms with van der Waals surface area (Å²) in [6.45, 7) is 3.52. The molecule has 2 N–H and O–H groups in total. The Hall–Kier alpha value is -2.41. The number of carbonyl (C=O) groups excluding carboxylic acids is 1. The number of carboxylic acid groups (broad SMARTS) is 1. The number of carbonyl (C=O) groups is 2. The first-order valence-corrected chi connectivity index (χ1v) is 6.64. The Labute approximate surface area is 118 Å². The molecule has 0 fully saturated rings. The number of aromatic nitrogens is 1. The first kappa shape index (κ1) is 14.0. The van der Waals surface area contributed by atoms with Crippen LogP contribution in [0.2, 0.25) is 0 Å². The normalized spacial score (nSPS) is 10.1. The summed E-state index contributed by atoms with van der Waals surface area (Å²) >= 11 is 1.41. The van der Waals surface area contributed by atoms with Crippen LogP contribution in [-0.2, 0) is 4.79 Å². The Morgan fingerprint density at radius 3 is 2.75 bits per heavy atom. The lowest BCUT2D eigenvalue weighted by atomic mass is 10.1. The van der Waals surface area contributed by atoms with Crippen molar-refractivity contribution < 1.29 is 19.2 Å². The Morgan fingerprint density at radius 1 is 1.45 bits per heavy atom. The molecule has 2 aromatic rings. The molecular weight excluding hydrogens is 280 g/mol. The Kier molecular flexibility index (Phi) is 3.99. The largest absolute Gasteiger partial charge is 0.477 e. The van der Waals surface area contributed by atoms with Crippen molar-refractivity contribution in [3.63, 3.8) is 0 Å². The topological polar surface area (TPSA) is 92.4 Å². The minimum Gasteiger partial charge on any atom is -0.477 e. The second kappa shape index (κ2) is 5.70. The summed E-state index contributed by atoms with van der Waals surface area (Å²) in [5.41, 5.74) is 1.47. The SMILES string of the molecule is CC(C)=CC(=O)Nc1onc(-c2ccsc2)c1C(=O)O. The molecule has 0 bridgehead atoms. The van der Waals surface area contributed by atoms with E-state index in [1.807, 2.05) is 0 Å². The van der Waals surface area contributed by atoms with Gasteiger partial charge in [0.25, 0.3) is 5.91 Å². The van der Waals surface area contributed by atoms with Crippen molar-refractivity contribution in [1.82, 2.24) is 5.16 Å². The highest BCUT2D eigenvalue weighted by Gasteiger charge is 2.24. The molecule has 0 aliphatic heterocycles. The predicted molar refractivity (Wildman–Crippen MR) is 74.8 cm³/mol. The Bertz CT molecular complexity index is 667. The standard InChI is InChI=1S/C13H12N2O4S/c1-7(2)5-9(16)14-12-10(13(17)18)11(15-19-12)8-3-4-20-6-8/h3-6H,1-2H3,(H,14,16)(H,17,18). The third-order valence-corrected chi connectivity index (χ3v) is 3.04. The summed E-state index contributed by atoms with van der Waals surface area (Å²) in [6, 6.07) is 1.73. The van der Waals surface area contributed by atoms with Gasteiger partial charge >= 0.3 is 5.97 Å². The molecule has 6 nitrogen and oxygen atoms in total. The lowest BCUT2D eigenvalue weighted by Crippen LogP contribution is -2.11. The summed E-state index contributed by atoms with van der Waals surface area (Å²) in [4.78, 5) is 23.0. The van der Waals surface area contributed by atoms with E-state index in [4.69, 9.17) is 4.52 Å². The van der Waals surface area contributed by atoms with E-state index >= 15 is 0 Å². The number of nitrogens with one attached hydrogen (secondary N) is 1. The molecule has 1 amide bonds. The van der Waals surface area contributed by atoms with E-state index in [2.05, 4.69) is 10.5 Å². The molecule has 0 atom stereocenters. The molecular formula is C13H12N2O4S. The van der Waals surface area contributed by atoms with Crippen LogP contribution in [0.1, 0.15) is 24.2 Å². The van der Waals surface area contributed by atoms with Crippen LogP contribution in [-0.4, -0.2) is 22.1 Å².